The summed E-state index contributed by atoms with van der Waals surface area (Å²) in [5.74, 6) is -0.282. The summed E-state index contributed by atoms with van der Waals surface area (Å²) >= 11 is 5.00. The van der Waals surface area contributed by atoms with Crippen LogP contribution in [-0.4, -0.2) is 23.7 Å². The fourth-order valence-electron chi connectivity index (χ4n) is 2.14. The van der Waals surface area contributed by atoms with E-state index in [4.69, 9.17) is 17.0 Å². The van der Waals surface area contributed by atoms with Gasteiger partial charge < -0.3 is 15.4 Å². The number of rotatable bonds is 5. The van der Waals surface area contributed by atoms with Crippen LogP contribution in [0.15, 0.2) is 41.6 Å². The summed E-state index contributed by atoms with van der Waals surface area (Å²) in [5, 5.41) is 6.42. The van der Waals surface area contributed by atoms with Gasteiger partial charge in [-0.05, 0) is 44.5 Å². The standard InChI is InChI=1S/C16H20N2O2S/c1-11(8-9-13-6-4-3-5-7-13)20-15(19)14-10-17-16(21)18-12(14)2/h3-7,11H,8-10H2,1-2H3,(H2,17,18,21). The van der Waals surface area contributed by atoms with Crippen molar-refractivity contribution in [3.05, 3.63) is 47.2 Å². The van der Waals surface area contributed by atoms with E-state index in [2.05, 4.69) is 22.8 Å². The van der Waals surface area contributed by atoms with Crippen molar-refractivity contribution in [2.75, 3.05) is 6.54 Å². The van der Waals surface area contributed by atoms with Crippen molar-refractivity contribution < 1.29 is 9.53 Å². The maximum atomic E-state index is 12.1. The van der Waals surface area contributed by atoms with Gasteiger partial charge in [0.1, 0.15) is 0 Å². The van der Waals surface area contributed by atoms with Gasteiger partial charge in [0.2, 0.25) is 0 Å². The normalized spacial score (nSPS) is 16.0. The molecule has 0 saturated heterocycles. The molecule has 5 heteroatoms. The lowest BCUT2D eigenvalue weighted by Crippen LogP contribution is -2.43. The van der Waals surface area contributed by atoms with Crippen LogP contribution in [0.25, 0.3) is 0 Å². The molecular weight excluding hydrogens is 284 g/mol. The second-order valence-electron chi connectivity index (χ2n) is 5.15. The van der Waals surface area contributed by atoms with Crippen molar-refractivity contribution in [2.24, 2.45) is 0 Å². The van der Waals surface area contributed by atoms with E-state index >= 15 is 0 Å². The number of carbonyl (C=O) groups is 1. The molecule has 2 rings (SSSR count). The molecule has 2 N–H and O–H groups in total. The van der Waals surface area contributed by atoms with E-state index in [1.165, 1.54) is 5.56 Å². The van der Waals surface area contributed by atoms with Crippen molar-refractivity contribution in [1.29, 1.82) is 0 Å². The summed E-state index contributed by atoms with van der Waals surface area (Å²) < 4.78 is 5.50. The first-order valence-corrected chi connectivity index (χ1v) is 7.46. The lowest BCUT2D eigenvalue weighted by molar-refractivity contribution is -0.143. The Balaban J connectivity index is 1.85. The molecule has 0 fully saturated rings. The van der Waals surface area contributed by atoms with Crippen LogP contribution in [0.2, 0.25) is 0 Å². The summed E-state index contributed by atoms with van der Waals surface area (Å²) in [7, 11) is 0. The van der Waals surface area contributed by atoms with E-state index < -0.39 is 0 Å². The van der Waals surface area contributed by atoms with Gasteiger partial charge in [-0.15, -0.1) is 0 Å². The lowest BCUT2D eigenvalue weighted by atomic mass is 10.1. The highest BCUT2D eigenvalue weighted by Crippen LogP contribution is 2.12. The average Bonchev–Trinajstić information content (AvgIpc) is 2.46. The fraction of sp³-hybridized carbons (Fsp3) is 0.375. The van der Waals surface area contributed by atoms with E-state index in [9.17, 15) is 4.79 Å². The first-order valence-electron chi connectivity index (χ1n) is 7.06. The second-order valence-corrected chi connectivity index (χ2v) is 5.56. The molecule has 1 heterocycles. The minimum Gasteiger partial charge on any atom is -0.459 e. The number of nitrogens with one attached hydrogen (secondary N) is 2. The zero-order valence-corrected chi connectivity index (χ0v) is 13.1. The monoisotopic (exact) mass is 304 g/mol. The van der Waals surface area contributed by atoms with Gasteiger partial charge in [-0.2, -0.15) is 0 Å². The highest BCUT2D eigenvalue weighted by Gasteiger charge is 2.21. The number of hydrogen-bond donors (Lipinski definition) is 2. The predicted molar refractivity (Wildman–Crippen MR) is 86.8 cm³/mol. The molecule has 1 aromatic rings. The van der Waals surface area contributed by atoms with Crippen LogP contribution in [0.5, 0.6) is 0 Å². The van der Waals surface area contributed by atoms with Crippen molar-refractivity contribution in [2.45, 2.75) is 32.8 Å². The molecule has 1 atom stereocenters. The second kappa shape index (κ2) is 7.22. The predicted octanol–water partition coefficient (Wildman–Crippen LogP) is 2.30. The molecule has 21 heavy (non-hydrogen) atoms. The molecule has 0 aromatic heterocycles. The summed E-state index contributed by atoms with van der Waals surface area (Å²) in [6.45, 7) is 4.17. The quantitative estimate of drug-likeness (QED) is 0.646. The maximum absolute atomic E-state index is 12.1. The smallest absolute Gasteiger partial charge is 0.337 e. The third-order valence-electron chi connectivity index (χ3n) is 3.42. The fourth-order valence-corrected chi connectivity index (χ4v) is 2.37. The molecule has 0 bridgehead atoms. The van der Waals surface area contributed by atoms with Crippen LogP contribution in [-0.2, 0) is 16.0 Å². The first-order chi connectivity index (χ1) is 10.1. The molecular formula is C16H20N2O2S. The van der Waals surface area contributed by atoms with Gasteiger partial charge >= 0.3 is 5.97 Å². The molecule has 0 spiro atoms. The number of ether oxygens (including phenoxy) is 1. The van der Waals surface area contributed by atoms with Gasteiger partial charge in [0, 0.05) is 5.70 Å². The van der Waals surface area contributed by atoms with Gasteiger partial charge in [-0.3, -0.25) is 0 Å². The Labute approximate surface area is 130 Å². The average molecular weight is 304 g/mol. The number of aryl methyl sites for hydroxylation is 1. The van der Waals surface area contributed by atoms with Crippen molar-refractivity contribution in [3.63, 3.8) is 0 Å². The van der Waals surface area contributed by atoms with Crippen LogP contribution in [0.3, 0.4) is 0 Å². The molecule has 0 aliphatic carbocycles. The third kappa shape index (κ3) is 4.56. The van der Waals surface area contributed by atoms with Crippen molar-refractivity contribution >= 4 is 23.3 Å². The number of carbonyl (C=O) groups excluding carboxylic acids is 1. The summed E-state index contributed by atoms with van der Waals surface area (Å²) in [6, 6.07) is 10.2. The highest BCUT2D eigenvalue weighted by molar-refractivity contribution is 7.80. The number of hydrogen-bond acceptors (Lipinski definition) is 3. The first kappa shape index (κ1) is 15.5. The Morgan fingerprint density at radius 2 is 2.10 bits per heavy atom. The molecule has 1 unspecified atom stereocenters. The zero-order chi connectivity index (χ0) is 15.2. The van der Waals surface area contributed by atoms with Crippen LogP contribution in [0.4, 0.5) is 0 Å². The summed E-state index contributed by atoms with van der Waals surface area (Å²) in [6.07, 6.45) is 1.58. The minimum atomic E-state index is -0.282. The van der Waals surface area contributed by atoms with Crippen LogP contribution in [0, 0.1) is 0 Å². The van der Waals surface area contributed by atoms with Crippen LogP contribution < -0.4 is 10.6 Å². The van der Waals surface area contributed by atoms with Crippen LogP contribution >= 0.6 is 12.2 Å². The Hall–Kier alpha value is -1.88. The zero-order valence-electron chi connectivity index (χ0n) is 12.3. The Bertz CT molecular complexity index is 555. The van der Waals surface area contributed by atoms with E-state index in [1.54, 1.807) is 0 Å². The third-order valence-corrected chi connectivity index (χ3v) is 3.66. The number of thiocarbonyl (C=S) groups is 1. The minimum absolute atomic E-state index is 0.119. The topological polar surface area (TPSA) is 50.4 Å². The Kier molecular flexibility index (Phi) is 5.33. The molecule has 0 amide bonds. The number of esters is 1. The molecule has 112 valence electrons. The van der Waals surface area contributed by atoms with E-state index in [0.29, 0.717) is 17.2 Å². The largest absolute Gasteiger partial charge is 0.459 e. The van der Waals surface area contributed by atoms with Gasteiger partial charge in [-0.1, -0.05) is 30.3 Å². The molecule has 1 aliphatic rings. The molecule has 4 nitrogen and oxygen atoms in total. The SMILES string of the molecule is CC1=C(C(=O)OC(C)CCc2ccccc2)CNC(=S)N1. The maximum Gasteiger partial charge on any atom is 0.337 e. The molecule has 1 aliphatic heterocycles. The van der Waals surface area contributed by atoms with Gasteiger partial charge in [0.05, 0.1) is 18.2 Å². The van der Waals surface area contributed by atoms with Gasteiger partial charge in [0.25, 0.3) is 0 Å². The summed E-state index contributed by atoms with van der Waals surface area (Å²) in [4.78, 5) is 12.1. The van der Waals surface area contributed by atoms with Gasteiger partial charge in [-0.25, -0.2) is 4.79 Å². The lowest BCUT2D eigenvalue weighted by Gasteiger charge is -2.22. The Morgan fingerprint density at radius 1 is 1.38 bits per heavy atom. The highest BCUT2D eigenvalue weighted by atomic mass is 32.1. The van der Waals surface area contributed by atoms with Crippen molar-refractivity contribution in [1.82, 2.24) is 10.6 Å². The molecule has 0 radical (unpaired) electrons. The summed E-state index contributed by atoms with van der Waals surface area (Å²) in [5.41, 5.74) is 2.62. The van der Waals surface area contributed by atoms with E-state index in [1.807, 2.05) is 32.0 Å². The molecule has 0 saturated carbocycles. The van der Waals surface area contributed by atoms with E-state index in [-0.39, 0.29) is 12.1 Å². The number of benzene rings is 1. The van der Waals surface area contributed by atoms with Crippen LogP contribution in [0.1, 0.15) is 25.8 Å². The number of allylic oxidation sites excluding steroid dienone is 1. The van der Waals surface area contributed by atoms with E-state index in [0.717, 1.165) is 18.5 Å². The molecule has 1 aromatic carbocycles. The van der Waals surface area contributed by atoms with Crippen molar-refractivity contribution in [3.8, 4) is 0 Å². The Morgan fingerprint density at radius 3 is 2.76 bits per heavy atom. The van der Waals surface area contributed by atoms with Gasteiger partial charge in [0.15, 0.2) is 5.11 Å².